The number of aromatic amines is 1. The number of rotatable bonds is 5. The molecule has 100 valence electrons. The van der Waals surface area contributed by atoms with Gasteiger partial charge in [0, 0.05) is 12.1 Å². The van der Waals surface area contributed by atoms with Crippen LogP contribution in [0.15, 0.2) is 30.3 Å². The number of halogens is 2. The minimum atomic E-state index is -2.80. The highest BCUT2D eigenvalue weighted by Gasteiger charge is 2.21. The largest absolute Gasteiger partial charge is 0.435 e. The average Bonchev–Trinajstić information content (AvgIpc) is 3.06. The predicted molar refractivity (Wildman–Crippen MR) is 67.3 cm³/mol. The number of H-pyrrole nitrogens is 1. The van der Waals surface area contributed by atoms with Gasteiger partial charge in [-0.05, 0) is 42.7 Å². The summed E-state index contributed by atoms with van der Waals surface area (Å²) in [6, 6.07) is 8.89. The molecule has 1 aliphatic rings. The van der Waals surface area contributed by atoms with Gasteiger partial charge in [-0.15, -0.1) is 0 Å². The highest BCUT2D eigenvalue weighted by atomic mass is 19.3. The molecule has 0 amide bonds. The van der Waals surface area contributed by atoms with E-state index >= 15 is 0 Å². The summed E-state index contributed by atoms with van der Waals surface area (Å²) in [5, 5.41) is 10.3. The van der Waals surface area contributed by atoms with Crippen LogP contribution in [0.3, 0.4) is 0 Å². The molecule has 0 atom stereocenters. The third-order valence-electron chi connectivity index (χ3n) is 2.90. The maximum absolute atomic E-state index is 12.0. The summed E-state index contributed by atoms with van der Waals surface area (Å²) in [4.78, 5) is 0. The lowest BCUT2D eigenvalue weighted by atomic mass is 10.1. The van der Waals surface area contributed by atoms with E-state index in [1.807, 2.05) is 6.07 Å². The second-order valence-corrected chi connectivity index (χ2v) is 4.49. The Labute approximate surface area is 108 Å². The first-order valence-electron chi connectivity index (χ1n) is 6.08. The molecule has 1 aliphatic carbocycles. The molecule has 2 aromatic rings. The van der Waals surface area contributed by atoms with Crippen molar-refractivity contribution >= 4 is 5.82 Å². The second kappa shape index (κ2) is 4.87. The van der Waals surface area contributed by atoms with Gasteiger partial charge in [-0.2, -0.15) is 13.9 Å². The van der Waals surface area contributed by atoms with Crippen LogP contribution in [-0.2, 0) is 0 Å². The van der Waals surface area contributed by atoms with E-state index in [2.05, 4.69) is 20.3 Å². The van der Waals surface area contributed by atoms with Gasteiger partial charge in [0.25, 0.3) is 0 Å². The molecule has 1 aromatic carbocycles. The first-order valence-corrected chi connectivity index (χ1v) is 6.08. The zero-order valence-electron chi connectivity index (χ0n) is 10.1. The van der Waals surface area contributed by atoms with Crippen LogP contribution < -0.4 is 10.1 Å². The van der Waals surface area contributed by atoms with Gasteiger partial charge in [0.2, 0.25) is 0 Å². The van der Waals surface area contributed by atoms with Crippen LogP contribution in [-0.4, -0.2) is 22.9 Å². The molecular formula is C13H13F2N3O. The fraction of sp³-hybridized carbons (Fsp3) is 0.308. The smallest absolute Gasteiger partial charge is 0.387 e. The lowest BCUT2D eigenvalue weighted by molar-refractivity contribution is -0.0498. The fourth-order valence-electron chi connectivity index (χ4n) is 1.80. The number of ether oxygens (including phenoxy) is 1. The van der Waals surface area contributed by atoms with Gasteiger partial charge in [-0.3, -0.25) is 5.10 Å². The van der Waals surface area contributed by atoms with Gasteiger partial charge in [-0.1, -0.05) is 0 Å². The molecule has 1 fully saturated rings. The maximum Gasteiger partial charge on any atom is 0.387 e. The van der Waals surface area contributed by atoms with Gasteiger partial charge >= 0.3 is 6.61 Å². The fourth-order valence-corrected chi connectivity index (χ4v) is 1.80. The highest BCUT2D eigenvalue weighted by Crippen LogP contribution is 2.27. The van der Waals surface area contributed by atoms with Crippen LogP contribution in [0, 0.1) is 0 Å². The van der Waals surface area contributed by atoms with Crippen LogP contribution in [0.25, 0.3) is 11.3 Å². The molecule has 3 rings (SSSR count). The minimum Gasteiger partial charge on any atom is -0.435 e. The normalized spacial score (nSPS) is 14.7. The summed E-state index contributed by atoms with van der Waals surface area (Å²) in [5.74, 6) is 0.958. The predicted octanol–water partition coefficient (Wildman–Crippen LogP) is 3.25. The van der Waals surface area contributed by atoms with Crippen LogP contribution >= 0.6 is 0 Å². The summed E-state index contributed by atoms with van der Waals surface area (Å²) in [6.07, 6.45) is 2.36. The number of anilines is 1. The van der Waals surface area contributed by atoms with E-state index in [1.165, 1.54) is 25.0 Å². The molecule has 4 nitrogen and oxygen atoms in total. The average molecular weight is 265 g/mol. The Bertz CT molecular complexity index is 549. The first-order chi connectivity index (χ1) is 9.20. The lowest BCUT2D eigenvalue weighted by Gasteiger charge is -2.04. The molecule has 1 saturated carbocycles. The van der Waals surface area contributed by atoms with E-state index in [0.29, 0.717) is 6.04 Å². The number of alkyl halides is 2. The Hall–Kier alpha value is -2.11. The molecule has 1 heterocycles. The van der Waals surface area contributed by atoms with Crippen molar-refractivity contribution in [3.8, 4) is 17.0 Å². The van der Waals surface area contributed by atoms with Crippen molar-refractivity contribution < 1.29 is 13.5 Å². The molecule has 0 unspecified atom stereocenters. The molecular weight excluding hydrogens is 252 g/mol. The minimum absolute atomic E-state index is 0.148. The number of nitrogens with one attached hydrogen (secondary N) is 2. The molecule has 0 radical (unpaired) electrons. The molecule has 0 bridgehead atoms. The van der Waals surface area contributed by atoms with Crippen LogP contribution in [0.5, 0.6) is 5.75 Å². The topological polar surface area (TPSA) is 49.9 Å². The van der Waals surface area contributed by atoms with Crippen molar-refractivity contribution in [1.82, 2.24) is 10.2 Å². The van der Waals surface area contributed by atoms with E-state index in [1.54, 1.807) is 12.1 Å². The summed E-state index contributed by atoms with van der Waals surface area (Å²) < 4.78 is 28.4. The van der Waals surface area contributed by atoms with Gasteiger partial charge in [0.1, 0.15) is 11.6 Å². The van der Waals surface area contributed by atoms with E-state index < -0.39 is 6.61 Å². The molecule has 6 heteroatoms. The van der Waals surface area contributed by atoms with Crippen molar-refractivity contribution in [3.05, 3.63) is 30.3 Å². The van der Waals surface area contributed by atoms with E-state index in [-0.39, 0.29) is 5.75 Å². The summed E-state index contributed by atoms with van der Waals surface area (Å²) >= 11 is 0. The van der Waals surface area contributed by atoms with Gasteiger partial charge in [-0.25, -0.2) is 0 Å². The monoisotopic (exact) mass is 265 g/mol. The summed E-state index contributed by atoms with van der Waals surface area (Å²) in [5.41, 5.74) is 1.71. The van der Waals surface area contributed by atoms with Crippen LogP contribution in [0.4, 0.5) is 14.6 Å². The van der Waals surface area contributed by atoms with Gasteiger partial charge in [0.15, 0.2) is 0 Å². The Balaban J connectivity index is 1.71. The standard InChI is InChI=1S/C13H13F2N3O/c14-13(15)19-10-5-1-8(2-6-10)11-7-12(18-17-11)16-9-3-4-9/h1-2,5-7,9,13H,3-4H2,(H2,16,17,18). The second-order valence-electron chi connectivity index (χ2n) is 4.49. The van der Waals surface area contributed by atoms with Crippen molar-refractivity contribution in [2.75, 3.05) is 5.32 Å². The van der Waals surface area contributed by atoms with E-state index in [4.69, 9.17) is 0 Å². The zero-order valence-corrected chi connectivity index (χ0v) is 10.1. The molecule has 19 heavy (non-hydrogen) atoms. The van der Waals surface area contributed by atoms with Crippen molar-refractivity contribution in [2.45, 2.75) is 25.5 Å². The Kier molecular flexibility index (Phi) is 3.06. The van der Waals surface area contributed by atoms with Crippen molar-refractivity contribution in [3.63, 3.8) is 0 Å². The van der Waals surface area contributed by atoms with Crippen LogP contribution in [0.2, 0.25) is 0 Å². The van der Waals surface area contributed by atoms with Crippen molar-refractivity contribution in [1.29, 1.82) is 0 Å². The van der Waals surface area contributed by atoms with E-state index in [9.17, 15) is 8.78 Å². The third-order valence-corrected chi connectivity index (χ3v) is 2.90. The Morgan fingerprint density at radius 1 is 1.26 bits per heavy atom. The quantitative estimate of drug-likeness (QED) is 0.872. The number of nitrogens with zero attached hydrogens (tertiary/aromatic N) is 1. The molecule has 0 spiro atoms. The zero-order chi connectivity index (χ0) is 13.2. The molecule has 0 aliphatic heterocycles. The van der Waals surface area contributed by atoms with Crippen LogP contribution in [0.1, 0.15) is 12.8 Å². The molecule has 1 aromatic heterocycles. The summed E-state index contributed by atoms with van der Waals surface area (Å²) in [6.45, 7) is -2.80. The Morgan fingerprint density at radius 2 is 2.00 bits per heavy atom. The molecule has 0 saturated heterocycles. The SMILES string of the molecule is FC(F)Oc1ccc(-c2cc(NC3CC3)n[nH]2)cc1. The van der Waals surface area contributed by atoms with Crippen molar-refractivity contribution in [2.24, 2.45) is 0 Å². The molecule has 2 N–H and O–H groups in total. The maximum atomic E-state index is 12.0. The Morgan fingerprint density at radius 3 is 2.63 bits per heavy atom. The number of hydrogen-bond acceptors (Lipinski definition) is 3. The number of hydrogen-bond donors (Lipinski definition) is 2. The first kappa shape index (κ1) is 12.0. The summed E-state index contributed by atoms with van der Waals surface area (Å²) in [7, 11) is 0. The van der Waals surface area contributed by atoms with Gasteiger partial charge in [0.05, 0.1) is 5.69 Å². The van der Waals surface area contributed by atoms with E-state index in [0.717, 1.165) is 17.1 Å². The number of benzene rings is 1. The van der Waals surface area contributed by atoms with Gasteiger partial charge < -0.3 is 10.1 Å². The highest BCUT2D eigenvalue weighted by molar-refractivity contribution is 5.63. The lowest BCUT2D eigenvalue weighted by Crippen LogP contribution is -2.01. The third kappa shape index (κ3) is 3.01. The number of aromatic nitrogens is 2.